The van der Waals surface area contributed by atoms with Crippen molar-refractivity contribution in [2.45, 2.75) is 39.0 Å². The summed E-state index contributed by atoms with van der Waals surface area (Å²) in [7, 11) is 1.16. The van der Waals surface area contributed by atoms with Crippen LogP contribution in [-0.2, 0) is 20.5 Å². The fourth-order valence-corrected chi connectivity index (χ4v) is 1.75. The Kier molecular flexibility index (Phi) is 6.77. The van der Waals surface area contributed by atoms with Crippen molar-refractivity contribution in [3.05, 3.63) is 35.4 Å². The van der Waals surface area contributed by atoms with Gasteiger partial charge in [-0.15, -0.1) is 0 Å². The summed E-state index contributed by atoms with van der Waals surface area (Å²) in [5.74, 6) is -1.48. The van der Waals surface area contributed by atoms with Crippen molar-refractivity contribution in [2.75, 3.05) is 7.11 Å². The van der Waals surface area contributed by atoms with Crippen LogP contribution >= 0.6 is 0 Å². The Morgan fingerprint density at radius 1 is 1.26 bits per heavy atom. The normalized spacial score (nSPS) is 12.8. The highest BCUT2D eigenvalue weighted by Crippen LogP contribution is 2.30. The Labute approximate surface area is 133 Å². The predicted molar refractivity (Wildman–Crippen MR) is 79.3 cm³/mol. The van der Waals surface area contributed by atoms with E-state index >= 15 is 0 Å². The molecule has 1 aromatic rings. The molecule has 0 saturated carbocycles. The lowest BCUT2D eigenvalue weighted by atomic mass is 10.0. The van der Waals surface area contributed by atoms with Gasteiger partial charge in [-0.3, -0.25) is 4.79 Å². The van der Waals surface area contributed by atoms with E-state index in [1.807, 2.05) is 0 Å². The monoisotopic (exact) mass is 334 g/mol. The molecule has 0 radical (unpaired) electrons. The maximum atomic E-state index is 12.7. The minimum atomic E-state index is -4.53. The Morgan fingerprint density at radius 2 is 1.83 bits per heavy atom. The molecular weight excluding hydrogens is 313 g/mol. The average Bonchev–Trinajstić information content (AvgIpc) is 2.44. The predicted octanol–water partition coefficient (Wildman–Crippen LogP) is 2.41. The van der Waals surface area contributed by atoms with Crippen molar-refractivity contribution >= 4 is 11.9 Å². The third kappa shape index (κ3) is 5.24. The first-order valence-electron chi connectivity index (χ1n) is 6.32. The van der Waals surface area contributed by atoms with Crippen LogP contribution in [0.4, 0.5) is 13.2 Å². The number of esters is 1. The number of carbonyl (C=O) groups excluding carboxylic acids is 2. The molecule has 1 atom stereocenters. The van der Waals surface area contributed by atoms with Crippen LogP contribution in [0.25, 0.3) is 0 Å². The van der Waals surface area contributed by atoms with E-state index in [4.69, 9.17) is 5.73 Å². The summed E-state index contributed by atoms with van der Waals surface area (Å²) < 4.78 is 42.5. The number of hydrogen-bond acceptors (Lipinski definition) is 4. The van der Waals surface area contributed by atoms with Crippen molar-refractivity contribution < 1.29 is 27.5 Å². The number of amides is 1. The molecule has 1 amide bonds. The highest BCUT2D eigenvalue weighted by molar-refractivity contribution is 5.90. The maximum Gasteiger partial charge on any atom is 0.416 e. The number of nitrogens with one attached hydrogen (secondary N) is 1. The van der Waals surface area contributed by atoms with Gasteiger partial charge in [-0.1, -0.05) is 19.6 Å². The molecule has 1 rings (SSSR count). The summed E-state index contributed by atoms with van der Waals surface area (Å²) in [6, 6.07) is 2.81. The molecule has 0 aliphatic carbocycles. The number of alkyl halides is 3. The zero-order valence-electron chi connectivity index (χ0n) is 12.3. The molecule has 1 aromatic carbocycles. The quantitative estimate of drug-likeness (QED) is 0.829. The zero-order valence-corrected chi connectivity index (χ0v) is 12.3. The van der Waals surface area contributed by atoms with Crippen LogP contribution in [0.2, 0.25) is 0 Å². The molecule has 130 valence electrons. The number of hydrogen-bond donors (Lipinski definition) is 2. The van der Waals surface area contributed by atoms with Crippen molar-refractivity contribution in [3.8, 4) is 0 Å². The smallest absolute Gasteiger partial charge is 0.416 e. The zero-order chi connectivity index (χ0) is 17.1. The Morgan fingerprint density at radius 3 is 2.30 bits per heavy atom. The van der Waals surface area contributed by atoms with Crippen LogP contribution in [0.1, 0.15) is 38.4 Å². The lowest BCUT2D eigenvalue weighted by Gasteiger charge is -2.25. The van der Waals surface area contributed by atoms with Crippen LogP contribution in [0.15, 0.2) is 24.3 Å². The van der Waals surface area contributed by atoms with Gasteiger partial charge < -0.3 is 15.8 Å². The van der Waals surface area contributed by atoms with Gasteiger partial charge in [0.15, 0.2) is 0 Å². The van der Waals surface area contributed by atoms with E-state index in [0.29, 0.717) is 0 Å². The van der Waals surface area contributed by atoms with Gasteiger partial charge in [-0.2, -0.15) is 13.2 Å². The third-order valence-electron chi connectivity index (χ3n) is 2.99. The second-order valence-electron chi connectivity index (χ2n) is 5.21. The van der Waals surface area contributed by atoms with E-state index in [0.717, 1.165) is 25.3 Å². The van der Waals surface area contributed by atoms with E-state index in [1.54, 1.807) is 0 Å². The molecule has 1 unspecified atom stereocenters. The number of carbonyl (C=O) groups is 2. The number of rotatable bonds is 4. The number of ether oxygens (including phenoxy) is 1. The van der Waals surface area contributed by atoms with Gasteiger partial charge in [0.05, 0.1) is 12.7 Å². The van der Waals surface area contributed by atoms with Crippen LogP contribution in [0.5, 0.6) is 0 Å². The summed E-state index contributed by atoms with van der Waals surface area (Å²) in [5.41, 5.74) is 3.42. The fourth-order valence-electron chi connectivity index (χ4n) is 1.75. The van der Waals surface area contributed by atoms with Gasteiger partial charge in [0.25, 0.3) is 0 Å². The fraction of sp³-hybridized carbons (Fsp3) is 0.467. The largest absolute Gasteiger partial charge is 0.467 e. The van der Waals surface area contributed by atoms with Crippen LogP contribution < -0.4 is 11.1 Å². The van der Waals surface area contributed by atoms with E-state index in [9.17, 15) is 22.8 Å². The van der Waals surface area contributed by atoms with Gasteiger partial charge >= 0.3 is 12.1 Å². The number of methoxy groups -OCH3 is 1. The lowest BCUT2D eigenvalue weighted by molar-refractivity contribution is -0.149. The summed E-state index contributed by atoms with van der Waals surface area (Å²) in [6.45, 7) is 2.80. The average molecular weight is 334 g/mol. The topological polar surface area (TPSA) is 81.4 Å². The molecule has 0 saturated heterocycles. The van der Waals surface area contributed by atoms with Crippen LogP contribution in [-0.4, -0.2) is 24.5 Å². The van der Waals surface area contributed by atoms with Crippen LogP contribution in [0.3, 0.4) is 0 Å². The Hall–Kier alpha value is -2.09. The van der Waals surface area contributed by atoms with Crippen molar-refractivity contribution in [2.24, 2.45) is 5.73 Å². The second-order valence-corrected chi connectivity index (χ2v) is 5.21. The van der Waals surface area contributed by atoms with E-state index in [-0.39, 0.29) is 13.0 Å². The first-order valence-corrected chi connectivity index (χ1v) is 6.32. The number of halogens is 3. The lowest BCUT2D eigenvalue weighted by Crippen LogP contribution is -2.52. The summed E-state index contributed by atoms with van der Waals surface area (Å²) in [6.07, 6.45) is -4.53. The standard InChI is InChI=1S/C14H17F3N2O3.CH4/c1-13(2,12(21)22-3)19-11(20)10(18)8-5-4-6-9(7-8)14(15,16)17;/h4-7,10H,18H2,1-3H3,(H,19,20);1H4. The molecule has 0 fully saturated rings. The van der Waals surface area contributed by atoms with Crippen molar-refractivity contribution in [3.63, 3.8) is 0 Å². The number of nitrogens with two attached hydrogens (primary N) is 1. The minimum Gasteiger partial charge on any atom is -0.467 e. The second kappa shape index (κ2) is 7.45. The van der Waals surface area contributed by atoms with Gasteiger partial charge in [0.1, 0.15) is 11.6 Å². The molecule has 5 nitrogen and oxygen atoms in total. The molecule has 0 aliphatic rings. The molecule has 8 heteroatoms. The van der Waals surface area contributed by atoms with Gasteiger partial charge in [-0.25, -0.2) is 4.79 Å². The van der Waals surface area contributed by atoms with E-state index in [1.165, 1.54) is 19.9 Å². The van der Waals surface area contributed by atoms with Crippen LogP contribution in [0, 0.1) is 0 Å². The van der Waals surface area contributed by atoms with E-state index in [2.05, 4.69) is 10.1 Å². The van der Waals surface area contributed by atoms with Crippen molar-refractivity contribution in [1.82, 2.24) is 5.32 Å². The maximum absolute atomic E-state index is 12.7. The summed E-state index contributed by atoms with van der Waals surface area (Å²) in [4.78, 5) is 23.5. The highest BCUT2D eigenvalue weighted by Gasteiger charge is 2.34. The van der Waals surface area contributed by atoms with Gasteiger partial charge in [-0.05, 0) is 31.5 Å². The molecule has 23 heavy (non-hydrogen) atoms. The molecule has 0 aliphatic heterocycles. The van der Waals surface area contributed by atoms with E-state index < -0.39 is 35.2 Å². The molecule has 0 aromatic heterocycles. The molecule has 0 bridgehead atoms. The first-order chi connectivity index (χ1) is 9.99. The first kappa shape index (κ1) is 20.9. The third-order valence-corrected chi connectivity index (χ3v) is 2.99. The van der Waals surface area contributed by atoms with Gasteiger partial charge in [0.2, 0.25) is 5.91 Å². The highest BCUT2D eigenvalue weighted by atomic mass is 19.4. The molecular formula is C15H21F3N2O3. The minimum absolute atomic E-state index is 0. The number of benzene rings is 1. The van der Waals surface area contributed by atoms with Crippen molar-refractivity contribution in [1.29, 1.82) is 0 Å². The van der Waals surface area contributed by atoms with Gasteiger partial charge in [0, 0.05) is 0 Å². The Bertz CT molecular complexity index is 571. The summed E-state index contributed by atoms with van der Waals surface area (Å²) in [5, 5.41) is 2.34. The molecule has 0 spiro atoms. The SMILES string of the molecule is C.COC(=O)C(C)(C)NC(=O)C(N)c1cccc(C(F)(F)F)c1. The summed E-state index contributed by atoms with van der Waals surface area (Å²) >= 11 is 0. The molecule has 0 heterocycles. The molecule has 3 N–H and O–H groups in total. The Balaban J connectivity index is 0.00000484.